The average Bonchev–Trinajstić information content (AvgIpc) is 2.81. The van der Waals surface area contributed by atoms with Gasteiger partial charge in [0.1, 0.15) is 5.69 Å². The van der Waals surface area contributed by atoms with E-state index in [-0.39, 0.29) is 11.6 Å². The summed E-state index contributed by atoms with van der Waals surface area (Å²) in [5.41, 5.74) is 1.14. The molecule has 0 radical (unpaired) electrons. The van der Waals surface area contributed by atoms with E-state index in [9.17, 15) is 9.59 Å². The van der Waals surface area contributed by atoms with Crippen molar-refractivity contribution in [3.63, 3.8) is 0 Å². The molecular weight excluding hydrogens is 268 g/mol. The van der Waals surface area contributed by atoms with E-state index in [0.29, 0.717) is 12.1 Å². The minimum atomic E-state index is -1.05. The third kappa shape index (κ3) is 4.62. The lowest BCUT2D eigenvalue weighted by Crippen LogP contribution is -2.14. The quantitative estimate of drug-likeness (QED) is 0.747. The molecule has 5 heteroatoms. The zero-order valence-electron chi connectivity index (χ0n) is 12.6. The maximum atomic E-state index is 11.9. The maximum absolute atomic E-state index is 11.9. The van der Waals surface area contributed by atoms with Crippen LogP contribution in [0.1, 0.15) is 67.5 Å². The second-order valence-corrected chi connectivity index (χ2v) is 5.99. The molecule has 0 atom stereocenters. The Labute approximate surface area is 125 Å². The molecule has 1 saturated carbocycles. The van der Waals surface area contributed by atoms with Gasteiger partial charge in [-0.2, -0.15) is 0 Å². The third-order valence-electron chi connectivity index (χ3n) is 4.18. The van der Waals surface area contributed by atoms with Crippen LogP contribution in [0.4, 0.5) is 5.69 Å². The Morgan fingerprint density at radius 3 is 2.71 bits per heavy atom. The highest BCUT2D eigenvalue weighted by molar-refractivity contribution is 5.99. The van der Waals surface area contributed by atoms with E-state index < -0.39 is 5.97 Å². The smallest absolute Gasteiger partial charge is 0.354 e. The number of aromatic nitrogens is 1. The Balaban J connectivity index is 1.77. The number of carboxylic acids is 1. The van der Waals surface area contributed by atoms with Gasteiger partial charge in [0.2, 0.25) is 5.91 Å². The first-order valence-electron chi connectivity index (χ1n) is 7.79. The molecule has 116 valence electrons. The number of amides is 1. The van der Waals surface area contributed by atoms with Gasteiger partial charge in [0.25, 0.3) is 0 Å². The minimum Gasteiger partial charge on any atom is -0.477 e. The molecular formula is C16H24N2O3. The highest BCUT2D eigenvalue weighted by Gasteiger charge is 2.16. The number of aryl methyl sites for hydroxylation is 1. The van der Waals surface area contributed by atoms with E-state index in [2.05, 4.69) is 10.3 Å². The van der Waals surface area contributed by atoms with Crippen molar-refractivity contribution in [2.75, 3.05) is 5.32 Å². The largest absolute Gasteiger partial charge is 0.477 e. The van der Waals surface area contributed by atoms with Gasteiger partial charge < -0.3 is 15.4 Å². The summed E-state index contributed by atoms with van der Waals surface area (Å²) in [5.74, 6) is -0.386. The molecule has 1 amide bonds. The second kappa shape index (κ2) is 7.29. The van der Waals surface area contributed by atoms with E-state index in [1.54, 1.807) is 13.0 Å². The maximum Gasteiger partial charge on any atom is 0.354 e. The van der Waals surface area contributed by atoms with Gasteiger partial charge in [-0.1, -0.05) is 32.1 Å². The van der Waals surface area contributed by atoms with Crippen LogP contribution in [0, 0.1) is 12.8 Å². The first-order valence-corrected chi connectivity index (χ1v) is 7.79. The molecule has 1 heterocycles. The lowest BCUT2D eigenvalue weighted by atomic mass is 9.86. The SMILES string of the molecule is Cc1cc(NC(=O)CCCC2CCCCC2)c(C(=O)O)[nH]1. The van der Waals surface area contributed by atoms with Crippen LogP contribution in [0.2, 0.25) is 0 Å². The van der Waals surface area contributed by atoms with E-state index in [1.165, 1.54) is 32.1 Å². The third-order valence-corrected chi connectivity index (χ3v) is 4.18. The fraction of sp³-hybridized carbons (Fsp3) is 0.625. The van der Waals surface area contributed by atoms with Crippen molar-refractivity contribution in [1.82, 2.24) is 4.98 Å². The molecule has 0 unspecified atom stereocenters. The topological polar surface area (TPSA) is 82.2 Å². The minimum absolute atomic E-state index is 0.0492. The van der Waals surface area contributed by atoms with Crippen LogP contribution in [0.25, 0.3) is 0 Å². The van der Waals surface area contributed by atoms with Crippen LogP contribution >= 0.6 is 0 Å². The molecule has 0 spiro atoms. The van der Waals surface area contributed by atoms with Crippen molar-refractivity contribution in [1.29, 1.82) is 0 Å². The molecule has 21 heavy (non-hydrogen) atoms. The van der Waals surface area contributed by atoms with Gasteiger partial charge in [0, 0.05) is 12.1 Å². The van der Waals surface area contributed by atoms with Crippen molar-refractivity contribution < 1.29 is 14.7 Å². The number of anilines is 1. The van der Waals surface area contributed by atoms with Crippen molar-refractivity contribution in [3.05, 3.63) is 17.5 Å². The molecule has 1 fully saturated rings. The summed E-state index contributed by atoms with van der Waals surface area (Å²) < 4.78 is 0. The molecule has 2 rings (SSSR count). The van der Waals surface area contributed by atoms with Crippen LogP contribution in [-0.2, 0) is 4.79 Å². The Kier molecular flexibility index (Phi) is 5.42. The predicted octanol–water partition coefficient (Wildman–Crippen LogP) is 3.71. The summed E-state index contributed by atoms with van der Waals surface area (Å²) in [6.45, 7) is 1.77. The highest BCUT2D eigenvalue weighted by atomic mass is 16.4. The molecule has 0 aliphatic heterocycles. The number of carboxylic acid groups (broad SMARTS) is 1. The molecule has 1 aliphatic rings. The number of aromatic amines is 1. The molecule has 0 saturated heterocycles. The van der Waals surface area contributed by atoms with Gasteiger partial charge in [-0.3, -0.25) is 4.79 Å². The number of nitrogens with one attached hydrogen (secondary N) is 2. The fourth-order valence-electron chi connectivity index (χ4n) is 3.10. The zero-order valence-corrected chi connectivity index (χ0v) is 12.6. The lowest BCUT2D eigenvalue weighted by molar-refractivity contribution is -0.116. The van der Waals surface area contributed by atoms with Gasteiger partial charge >= 0.3 is 5.97 Å². The van der Waals surface area contributed by atoms with Crippen LogP contribution in [0.3, 0.4) is 0 Å². The first-order chi connectivity index (χ1) is 10.1. The van der Waals surface area contributed by atoms with Crippen LogP contribution in [-0.4, -0.2) is 22.0 Å². The zero-order chi connectivity index (χ0) is 15.2. The molecule has 0 aromatic carbocycles. The Bertz CT molecular complexity index is 502. The monoisotopic (exact) mass is 292 g/mol. The molecule has 1 aromatic rings. The normalized spacial score (nSPS) is 15.9. The fourth-order valence-corrected chi connectivity index (χ4v) is 3.10. The number of hydrogen-bond donors (Lipinski definition) is 3. The molecule has 1 aromatic heterocycles. The summed E-state index contributed by atoms with van der Waals surface area (Å²) in [6.07, 6.45) is 9.02. The van der Waals surface area contributed by atoms with Crippen LogP contribution in [0.5, 0.6) is 0 Å². The summed E-state index contributed by atoms with van der Waals surface area (Å²) in [5, 5.41) is 11.8. The van der Waals surface area contributed by atoms with E-state index in [4.69, 9.17) is 5.11 Å². The summed E-state index contributed by atoms with van der Waals surface area (Å²) in [6, 6.07) is 1.66. The number of H-pyrrole nitrogens is 1. The van der Waals surface area contributed by atoms with E-state index >= 15 is 0 Å². The molecule has 1 aliphatic carbocycles. The van der Waals surface area contributed by atoms with E-state index in [0.717, 1.165) is 24.5 Å². The molecule has 0 bridgehead atoms. The number of rotatable bonds is 6. The number of carbonyl (C=O) groups is 2. The predicted molar refractivity (Wildman–Crippen MR) is 81.5 cm³/mol. The second-order valence-electron chi connectivity index (χ2n) is 5.99. The van der Waals surface area contributed by atoms with Crippen LogP contribution < -0.4 is 5.32 Å². The average molecular weight is 292 g/mol. The molecule has 5 nitrogen and oxygen atoms in total. The van der Waals surface area contributed by atoms with Crippen molar-refractivity contribution >= 4 is 17.6 Å². The Morgan fingerprint density at radius 1 is 1.33 bits per heavy atom. The van der Waals surface area contributed by atoms with Crippen molar-refractivity contribution in [2.24, 2.45) is 5.92 Å². The summed E-state index contributed by atoms with van der Waals surface area (Å²) >= 11 is 0. The highest BCUT2D eigenvalue weighted by Crippen LogP contribution is 2.27. The van der Waals surface area contributed by atoms with Gasteiger partial charge in [-0.05, 0) is 31.7 Å². The van der Waals surface area contributed by atoms with Crippen LogP contribution in [0.15, 0.2) is 6.07 Å². The van der Waals surface area contributed by atoms with Gasteiger partial charge in [-0.25, -0.2) is 4.79 Å². The summed E-state index contributed by atoms with van der Waals surface area (Å²) in [4.78, 5) is 25.7. The first kappa shape index (κ1) is 15.6. The Morgan fingerprint density at radius 2 is 2.05 bits per heavy atom. The number of hydrogen-bond acceptors (Lipinski definition) is 2. The van der Waals surface area contributed by atoms with Gasteiger partial charge in [-0.15, -0.1) is 0 Å². The number of carbonyl (C=O) groups excluding carboxylic acids is 1. The number of aromatic carboxylic acids is 1. The lowest BCUT2D eigenvalue weighted by Gasteiger charge is -2.21. The standard InChI is InChI=1S/C16H24N2O3/c1-11-10-13(15(17-11)16(20)21)18-14(19)9-5-8-12-6-3-2-4-7-12/h10,12,17H,2-9H2,1H3,(H,18,19)(H,20,21). The van der Waals surface area contributed by atoms with Gasteiger partial charge in [0.05, 0.1) is 5.69 Å². The Hall–Kier alpha value is -1.78. The summed E-state index contributed by atoms with van der Waals surface area (Å²) in [7, 11) is 0. The molecule has 3 N–H and O–H groups in total. The van der Waals surface area contributed by atoms with Gasteiger partial charge in [0.15, 0.2) is 0 Å². The van der Waals surface area contributed by atoms with E-state index in [1.807, 2.05) is 0 Å². The van der Waals surface area contributed by atoms with Crippen molar-refractivity contribution in [2.45, 2.75) is 58.3 Å². The van der Waals surface area contributed by atoms with Crippen molar-refractivity contribution in [3.8, 4) is 0 Å².